The summed E-state index contributed by atoms with van der Waals surface area (Å²) in [4.78, 5) is 12.4. The van der Waals surface area contributed by atoms with Crippen LogP contribution in [-0.2, 0) is 10.0 Å². The molecule has 2 amide bonds. The molecule has 0 bridgehead atoms. The highest BCUT2D eigenvalue weighted by atomic mass is 35.5. The van der Waals surface area contributed by atoms with Gasteiger partial charge in [-0.25, -0.2) is 22.9 Å². The standard InChI is InChI=1S/C16H14ClN3O3S/c17-13-8-6-12(7-9-13)15-10-11-18-20(15)16(21)19-24(22,23)14-4-2-1-3-5-14/h1-9,11,15H,10H2,(H,19,21). The zero-order chi connectivity index (χ0) is 17.2. The second kappa shape index (κ2) is 6.62. The van der Waals surface area contributed by atoms with E-state index in [0.717, 1.165) is 10.6 Å². The number of carbonyl (C=O) groups is 1. The lowest BCUT2D eigenvalue weighted by molar-refractivity contribution is 0.192. The van der Waals surface area contributed by atoms with Crippen molar-refractivity contribution < 1.29 is 13.2 Å². The number of hydrogen-bond acceptors (Lipinski definition) is 4. The van der Waals surface area contributed by atoms with Crippen LogP contribution in [0.25, 0.3) is 0 Å². The normalized spacial score (nSPS) is 17.0. The number of carbonyl (C=O) groups excluding carboxylic acids is 1. The minimum atomic E-state index is -3.95. The van der Waals surface area contributed by atoms with Crippen molar-refractivity contribution in [3.8, 4) is 0 Å². The Morgan fingerprint density at radius 2 is 1.79 bits per heavy atom. The summed E-state index contributed by atoms with van der Waals surface area (Å²) in [5, 5.41) is 5.70. The van der Waals surface area contributed by atoms with Gasteiger partial charge in [0, 0.05) is 17.7 Å². The largest absolute Gasteiger partial charge is 0.352 e. The van der Waals surface area contributed by atoms with E-state index in [1.807, 2.05) is 4.72 Å². The van der Waals surface area contributed by atoms with E-state index in [9.17, 15) is 13.2 Å². The van der Waals surface area contributed by atoms with E-state index in [2.05, 4.69) is 5.10 Å². The molecule has 1 unspecified atom stereocenters. The molecule has 8 heteroatoms. The Balaban J connectivity index is 1.79. The number of nitrogens with zero attached hydrogens (tertiary/aromatic N) is 2. The highest BCUT2D eigenvalue weighted by molar-refractivity contribution is 7.90. The molecular formula is C16H14ClN3O3S. The number of benzene rings is 2. The van der Waals surface area contributed by atoms with E-state index in [0.29, 0.717) is 11.4 Å². The zero-order valence-electron chi connectivity index (χ0n) is 12.5. The van der Waals surface area contributed by atoms with Gasteiger partial charge in [0.1, 0.15) is 0 Å². The first-order valence-electron chi connectivity index (χ1n) is 7.16. The first-order chi connectivity index (χ1) is 11.5. The van der Waals surface area contributed by atoms with Gasteiger partial charge in [0.05, 0.1) is 10.9 Å². The van der Waals surface area contributed by atoms with E-state index in [-0.39, 0.29) is 10.9 Å². The summed E-state index contributed by atoms with van der Waals surface area (Å²) in [7, 11) is -3.95. The lowest BCUT2D eigenvalue weighted by Gasteiger charge is -2.22. The van der Waals surface area contributed by atoms with Gasteiger partial charge in [-0.15, -0.1) is 0 Å². The van der Waals surface area contributed by atoms with Crippen LogP contribution >= 0.6 is 11.6 Å². The molecule has 0 saturated heterocycles. The number of sulfonamides is 1. The summed E-state index contributed by atoms with van der Waals surface area (Å²) in [5.41, 5.74) is 0.823. The lowest BCUT2D eigenvalue weighted by Crippen LogP contribution is -2.40. The van der Waals surface area contributed by atoms with Gasteiger partial charge in [0.25, 0.3) is 10.0 Å². The minimum Gasteiger partial charge on any atom is -0.245 e. The number of amides is 2. The average molecular weight is 364 g/mol. The number of urea groups is 1. The molecule has 0 aromatic heterocycles. The van der Waals surface area contributed by atoms with Gasteiger partial charge in [-0.05, 0) is 29.8 Å². The van der Waals surface area contributed by atoms with Crippen molar-refractivity contribution in [3.63, 3.8) is 0 Å². The highest BCUT2D eigenvalue weighted by Crippen LogP contribution is 2.29. The Labute approximate surface area is 144 Å². The molecule has 0 saturated carbocycles. The summed E-state index contributed by atoms with van der Waals surface area (Å²) in [6, 6.07) is 13.5. The molecule has 1 atom stereocenters. The van der Waals surface area contributed by atoms with Gasteiger partial charge in [-0.1, -0.05) is 41.9 Å². The van der Waals surface area contributed by atoms with Crippen molar-refractivity contribution in [1.82, 2.24) is 9.73 Å². The Hall–Kier alpha value is -2.38. The maximum atomic E-state index is 12.4. The molecule has 1 aliphatic rings. The second-order valence-electron chi connectivity index (χ2n) is 5.17. The fourth-order valence-electron chi connectivity index (χ4n) is 2.39. The molecule has 1 heterocycles. The summed E-state index contributed by atoms with van der Waals surface area (Å²) in [5.74, 6) is 0. The van der Waals surface area contributed by atoms with Crippen LogP contribution in [0, 0.1) is 0 Å². The molecule has 1 aliphatic heterocycles. The molecule has 24 heavy (non-hydrogen) atoms. The third-order valence-electron chi connectivity index (χ3n) is 3.57. The number of hydrogen-bond donors (Lipinski definition) is 1. The van der Waals surface area contributed by atoms with Crippen molar-refractivity contribution in [1.29, 1.82) is 0 Å². The maximum absolute atomic E-state index is 12.4. The van der Waals surface area contributed by atoms with Crippen LogP contribution in [0.4, 0.5) is 4.79 Å². The number of halogens is 1. The van der Waals surface area contributed by atoms with Gasteiger partial charge < -0.3 is 0 Å². The Morgan fingerprint density at radius 3 is 2.46 bits per heavy atom. The van der Waals surface area contributed by atoms with Crippen LogP contribution in [0.2, 0.25) is 5.02 Å². The predicted molar refractivity (Wildman–Crippen MR) is 91.3 cm³/mol. The highest BCUT2D eigenvalue weighted by Gasteiger charge is 2.31. The molecule has 1 N–H and O–H groups in total. The second-order valence-corrected chi connectivity index (χ2v) is 7.29. The maximum Gasteiger partial charge on any atom is 0.352 e. The van der Waals surface area contributed by atoms with Crippen molar-refractivity contribution in [2.75, 3.05) is 0 Å². The van der Waals surface area contributed by atoms with E-state index < -0.39 is 16.1 Å². The number of rotatable bonds is 3. The van der Waals surface area contributed by atoms with Crippen LogP contribution in [0.5, 0.6) is 0 Å². The number of hydrazone groups is 1. The third-order valence-corrected chi connectivity index (χ3v) is 5.16. The Morgan fingerprint density at radius 1 is 1.12 bits per heavy atom. The summed E-state index contributed by atoms with van der Waals surface area (Å²) in [6.07, 6.45) is 2.08. The van der Waals surface area contributed by atoms with Gasteiger partial charge in [0.15, 0.2) is 0 Å². The monoisotopic (exact) mass is 363 g/mol. The lowest BCUT2D eigenvalue weighted by atomic mass is 10.1. The smallest absolute Gasteiger partial charge is 0.245 e. The first kappa shape index (κ1) is 16.5. The Bertz CT molecular complexity index is 867. The zero-order valence-corrected chi connectivity index (χ0v) is 14.0. The number of nitrogens with one attached hydrogen (secondary N) is 1. The first-order valence-corrected chi connectivity index (χ1v) is 9.02. The van der Waals surface area contributed by atoms with Crippen LogP contribution in [0.3, 0.4) is 0 Å². The van der Waals surface area contributed by atoms with E-state index in [4.69, 9.17) is 11.6 Å². The fraction of sp³-hybridized carbons (Fsp3) is 0.125. The SMILES string of the molecule is O=C(NS(=O)(=O)c1ccccc1)N1N=CCC1c1ccc(Cl)cc1. The molecular weight excluding hydrogens is 350 g/mol. The minimum absolute atomic E-state index is 0.0181. The van der Waals surface area contributed by atoms with Crippen LogP contribution in [-0.4, -0.2) is 25.7 Å². The van der Waals surface area contributed by atoms with Crippen LogP contribution in [0.15, 0.2) is 64.6 Å². The fourth-order valence-corrected chi connectivity index (χ4v) is 3.47. The summed E-state index contributed by atoms with van der Waals surface area (Å²) in [6.45, 7) is 0. The molecule has 6 nitrogen and oxygen atoms in total. The van der Waals surface area contributed by atoms with Gasteiger partial charge >= 0.3 is 6.03 Å². The molecule has 0 fully saturated rings. The molecule has 2 aromatic rings. The van der Waals surface area contributed by atoms with Crippen molar-refractivity contribution in [2.24, 2.45) is 5.10 Å². The summed E-state index contributed by atoms with van der Waals surface area (Å²) < 4.78 is 26.6. The van der Waals surface area contributed by atoms with E-state index >= 15 is 0 Å². The van der Waals surface area contributed by atoms with Crippen LogP contribution < -0.4 is 4.72 Å². The molecule has 0 radical (unpaired) electrons. The average Bonchev–Trinajstić information content (AvgIpc) is 3.06. The van der Waals surface area contributed by atoms with Gasteiger partial charge in [-0.2, -0.15) is 5.10 Å². The van der Waals surface area contributed by atoms with E-state index in [1.165, 1.54) is 12.1 Å². The van der Waals surface area contributed by atoms with Crippen molar-refractivity contribution >= 4 is 33.9 Å². The predicted octanol–water partition coefficient (Wildman–Crippen LogP) is 3.17. The van der Waals surface area contributed by atoms with Crippen molar-refractivity contribution in [2.45, 2.75) is 17.4 Å². The molecule has 124 valence electrons. The van der Waals surface area contributed by atoms with Gasteiger partial charge in [-0.3, -0.25) is 0 Å². The Kier molecular flexibility index (Phi) is 4.55. The summed E-state index contributed by atoms with van der Waals surface area (Å²) >= 11 is 5.87. The quantitative estimate of drug-likeness (QED) is 0.909. The third kappa shape index (κ3) is 3.42. The topological polar surface area (TPSA) is 78.8 Å². The molecule has 0 aliphatic carbocycles. The molecule has 3 rings (SSSR count). The van der Waals surface area contributed by atoms with Gasteiger partial charge in [0.2, 0.25) is 0 Å². The van der Waals surface area contributed by atoms with E-state index in [1.54, 1.807) is 48.7 Å². The molecule has 2 aromatic carbocycles. The van der Waals surface area contributed by atoms with Crippen molar-refractivity contribution in [3.05, 3.63) is 65.2 Å². The molecule has 0 spiro atoms. The van der Waals surface area contributed by atoms with Crippen LogP contribution in [0.1, 0.15) is 18.0 Å².